The van der Waals surface area contributed by atoms with E-state index in [1.54, 1.807) is 55.0 Å². The molecule has 1 saturated heterocycles. The van der Waals surface area contributed by atoms with Crippen LogP contribution < -0.4 is 10.6 Å². The molecule has 0 bridgehead atoms. The van der Waals surface area contributed by atoms with E-state index in [0.29, 0.717) is 45.8 Å². The molecule has 4 aromatic rings. The van der Waals surface area contributed by atoms with Crippen LogP contribution in [0, 0.1) is 0 Å². The van der Waals surface area contributed by atoms with Crippen LogP contribution in [0.15, 0.2) is 61.3 Å². The van der Waals surface area contributed by atoms with Crippen molar-refractivity contribution in [2.75, 3.05) is 23.8 Å². The van der Waals surface area contributed by atoms with Gasteiger partial charge in [0.25, 0.3) is 5.91 Å². The molecule has 0 saturated carbocycles. The Morgan fingerprint density at radius 1 is 1.06 bits per heavy atom. The smallest absolute Gasteiger partial charge is 0.255 e. The molecule has 4 N–H and O–H groups in total. The van der Waals surface area contributed by atoms with Gasteiger partial charge >= 0.3 is 0 Å². The SMILES string of the molecule is O=C(Nc1ccncc1)c1ccc(C(=O)c2c[nH]c3ncnc(NC4CCC(CO)OC4)c23)cc1. The average Bonchev–Trinajstić information content (AvgIpc) is 3.35. The topological polar surface area (TPSA) is 142 Å². The highest BCUT2D eigenvalue weighted by atomic mass is 16.5. The Balaban J connectivity index is 1.35. The quantitative estimate of drug-likeness (QED) is 0.301. The standard InChI is InChI=1S/C25H24N6O4/c32-12-19-6-5-18(13-35-19)30-24-21-20(11-27-23(21)28-14-29-24)22(33)15-1-3-16(4-2-15)25(34)31-17-7-9-26-10-8-17/h1-4,7-11,14,18-19,32H,5-6,12-13H2,(H,26,31,34)(H2,27,28,29,30). The molecule has 1 fully saturated rings. The van der Waals surface area contributed by atoms with Crippen molar-refractivity contribution in [1.29, 1.82) is 0 Å². The predicted octanol–water partition coefficient (Wildman–Crippen LogP) is 2.79. The van der Waals surface area contributed by atoms with Crippen LogP contribution >= 0.6 is 0 Å². The van der Waals surface area contributed by atoms with Crippen LogP contribution in [0.2, 0.25) is 0 Å². The Hall–Kier alpha value is -4.15. The van der Waals surface area contributed by atoms with Crippen LogP contribution in [0.1, 0.15) is 39.1 Å². The molecule has 1 aliphatic heterocycles. The molecule has 1 aliphatic rings. The molecule has 2 unspecified atom stereocenters. The third kappa shape index (κ3) is 4.88. The van der Waals surface area contributed by atoms with Gasteiger partial charge in [0.2, 0.25) is 0 Å². The maximum Gasteiger partial charge on any atom is 0.255 e. The molecular weight excluding hydrogens is 448 g/mol. The molecule has 0 spiro atoms. The van der Waals surface area contributed by atoms with E-state index in [0.717, 1.165) is 12.8 Å². The van der Waals surface area contributed by atoms with Crippen LogP contribution in [0.3, 0.4) is 0 Å². The number of fused-ring (bicyclic) bond motifs is 1. The minimum atomic E-state index is -0.277. The number of aromatic amines is 1. The van der Waals surface area contributed by atoms with E-state index in [4.69, 9.17) is 4.74 Å². The Labute approximate surface area is 200 Å². The van der Waals surface area contributed by atoms with Gasteiger partial charge in [0, 0.05) is 35.4 Å². The van der Waals surface area contributed by atoms with Crippen molar-refractivity contribution in [2.45, 2.75) is 25.0 Å². The van der Waals surface area contributed by atoms with Crippen LogP contribution in [-0.4, -0.2) is 62.1 Å². The minimum absolute atomic E-state index is 0.00508. The van der Waals surface area contributed by atoms with Crippen molar-refractivity contribution >= 4 is 34.2 Å². The normalized spacial score (nSPS) is 17.7. The monoisotopic (exact) mass is 472 g/mol. The molecule has 10 nitrogen and oxygen atoms in total. The number of benzene rings is 1. The number of rotatable bonds is 7. The summed E-state index contributed by atoms with van der Waals surface area (Å²) in [6, 6.07) is 9.89. The van der Waals surface area contributed by atoms with Gasteiger partial charge in [-0.05, 0) is 37.1 Å². The number of hydrogen-bond donors (Lipinski definition) is 4. The minimum Gasteiger partial charge on any atom is -0.394 e. The number of nitrogens with one attached hydrogen (secondary N) is 3. The summed E-state index contributed by atoms with van der Waals surface area (Å²) in [5, 5.41) is 16.0. The van der Waals surface area contributed by atoms with E-state index in [1.807, 2.05) is 0 Å². The summed E-state index contributed by atoms with van der Waals surface area (Å²) < 4.78 is 5.65. The lowest BCUT2D eigenvalue weighted by atomic mass is 10.0. The fourth-order valence-corrected chi connectivity index (χ4v) is 4.08. The highest BCUT2D eigenvalue weighted by Crippen LogP contribution is 2.27. The van der Waals surface area contributed by atoms with Crippen LogP contribution in [-0.2, 0) is 4.74 Å². The molecular formula is C25H24N6O4. The number of aromatic nitrogens is 4. The third-order valence-electron chi connectivity index (χ3n) is 5.98. The molecule has 35 heavy (non-hydrogen) atoms. The first-order chi connectivity index (χ1) is 17.1. The zero-order chi connectivity index (χ0) is 24.2. The van der Waals surface area contributed by atoms with Crippen molar-refractivity contribution in [1.82, 2.24) is 19.9 Å². The summed E-state index contributed by atoms with van der Waals surface area (Å²) in [5.74, 6) is 0.0553. The van der Waals surface area contributed by atoms with Gasteiger partial charge < -0.3 is 25.5 Å². The van der Waals surface area contributed by atoms with Crippen LogP contribution in [0.25, 0.3) is 11.0 Å². The number of aliphatic hydroxyl groups is 1. The Morgan fingerprint density at radius 2 is 1.83 bits per heavy atom. The van der Waals surface area contributed by atoms with Gasteiger partial charge in [-0.15, -0.1) is 0 Å². The second-order valence-electron chi connectivity index (χ2n) is 8.30. The average molecular weight is 473 g/mol. The number of ether oxygens (including phenoxy) is 1. The summed E-state index contributed by atoms with van der Waals surface area (Å²) in [4.78, 5) is 41.5. The van der Waals surface area contributed by atoms with Crippen molar-refractivity contribution < 1.29 is 19.4 Å². The molecule has 178 valence electrons. The molecule has 10 heteroatoms. The van der Waals surface area contributed by atoms with E-state index < -0.39 is 0 Å². The lowest BCUT2D eigenvalue weighted by Gasteiger charge is -2.29. The van der Waals surface area contributed by atoms with E-state index in [-0.39, 0.29) is 30.4 Å². The molecule has 4 heterocycles. The Kier molecular flexibility index (Phi) is 6.47. The number of amides is 1. The summed E-state index contributed by atoms with van der Waals surface area (Å²) in [6.45, 7) is 0.443. The van der Waals surface area contributed by atoms with Gasteiger partial charge in [0.15, 0.2) is 5.78 Å². The largest absolute Gasteiger partial charge is 0.394 e. The number of aliphatic hydroxyl groups excluding tert-OH is 1. The van der Waals surface area contributed by atoms with E-state index in [9.17, 15) is 14.7 Å². The Morgan fingerprint density at radius 3 is 2.54 bits per heavy atom. The molecule has 2 atom stereocenters. The molecule has 5 rings (SSSR count). The van der Waals surface area contributed by atoms with Gasteiger partial charge in [-0.1, -0.05) is 12.1 Å². The Bertz CT molecular complexity index is 1330. The number of carbonyl (C=O) groups excluding carboxylic acids is 2. The summed E-state index contributed by atoms with van der Waals surface area (Å²) >= 11 is 0. The number of H-pyrrole nitrogens is 1. The second-order valence-corrected chi connectivity index (χ2v) is 8.30. The fourth-order valence-electron chi connectivity index (χ4n) is 4.08. The lowest BCUT2D eigenvalue weighted by molar-refractivity contribution is -0.0224. The van der Waals surface area contributed by atoms with Crippen molar-refractivity contribution in [3.05, 3.63) is 78.0 Å². The van der Waals surface area contributed by atoms with Crippen LogP contribution in [0.4, 0.5) is 11.5 Å². The zero-order valence-electron chi connectivity index (χ0n) is 18.8. The first-order valence-corrected chi connectivity index (χ1v) is 11.3. The van der Waals surface area contributed by atoms with Crippen molar-refractivity contribution in [3.8, 4) is 0 Å². The maximum atomic E-state index is 13.4. The zero-order valence-corrected chi connectivity index (χ0v) is 18.8. The number of hydrogen-bond acceptors (Lipinski definition) is 8. The lowest BCUT2D eigenvalue weighted by Crippen LogP contribution is -2.36. The number of carbonyl (C=O) groups is 2. The van der Waals surface area contributed by atoms with Gasteiger partial charge in [0.1, 0.15) is 17.8 Å². The highest BCUT2D eigenvalue weighted by molar-refractivity contribution is 6.18. The summed E-state index contributed by atoms with van der Waals surface area (Å²) in [7, 11) is 0. The molecule has 3 aromatic heterocycles. The number of pyridine rings is 1. The molecule has 0 radical (unpaired) electrons. The van der Waals surface area contributed by atoms with Gasteiger partial charge in [-0.2, -0.15) is 0 Å². The van der Waals surface area contributed by atoms with E-state index >= 15 is 0 Å². The second kappa shape index (κ2) is 10.00. The van der Waals surface area contributed by atoms with Crippen molar-refractivity contribution in [2.24, 2.45) is 0 Å². The fraction of sp³-hybridized carbons (Fsp3) is 0.240. The first kappa shape index (κ1) is 22.6. The van der Waals surface area contributed by atoms with Crippen molar-refractivity contribution in [3.63, 3.8) is 0 Å². The molecule has 1 aromatic carbocycles. The number of anilines is 2. The summed E-state index contributed by atoms with van der Waals surface area (Å²) in [5.41, 5.74) is 2.49. The summed E-state index contributed by atoms with van der Waals surface area (Å²) in [6.07, 6.45) is 7.66. The highest BCUT2D eigenvalue weighted by Gasteiger charge is 2.24. The van der Waals surface area contributed by atoms with E-state index in [2.05, 4.69) is 30.6 Å². The van der Waals surface area contributed by atoms with Crippen LogP contribution in [0.5, 0.6) is 0 Å². The first-order valence-electron chi connectivity index (χ1n) is 11.3. The number of nitrogens with zero attached hydrogens (tertiary/aromatic N) is 3. The third-order valence-corrected chi connectivity index (χ3v) is 5.98. The molecule has 1 amide bonds. The molecule has 0 aliphatic carbocycles. The number of ketones is 1. The predicted molar refractivity (Wildman–Crippen MR) is 129 cm³/mol. The van der Waals surface area contributed by atoms with Gasteiger partial charge in [-0.3, -0.25) is 14.6 Å². The van der Waals surface area contributed by atoms with Gasteiger partial charge in [0.05, 0.1) is 36.3 Å². The van der Waals surface area contributed by atoms with Gasteiger partial charge in [-0.25, -0.2) is 9.97 Å². The van der Waals surface area contributed by atoms with E-state index in [1.165, 1.54) is 6.33 Å². The maximum absolute atomic E-state index is 13.4.